The number of nitrogens with zero attached hydrogens (tertiary/aromatic N) is 1. The fourth-order valence-electron chi connectivity index (χ4n) is 3.18. The lowest BCUT2D eigenvalue weighted by Gasteiger charge is -2.50. The fourth-order valence-corrected chi connectivity index (χ4v) is 3.18. The molecule has 0 spiro atoms. The van der Waals surface area contributed by atoms with Crippen molar-refractivity contribution in [2.24, 2.45) is 0 Å². The van der Waals surface area contributed by atoms with Gasteiger partial charge in [-0.1, -0.05) is 12.5 Å². The molecule has 2 aliphatic heterocycles. The van der Waals surface area contributed by atoms with Gasteiger partial charge in [0.15, 0.2) is 0 Å². The lowest BCUT2D eigenvalue weighted by molar-refractivity contribution is -0.0805. The Balaban J connectivity index is 2.10. The van der Waals surface area contributed by atoms with Gasteiger partial charge in [0.1, 0.15) is 0 Å². The molecule has 0 aromatic heterocycles. The van der Waals surface area contributed by atoms with Crippen LogP contribution in [0.1, 0.15) is 38.5 Å². The lowest BCUT2D eigenvalue weighted by Crippen LogP contribution is -2.56. The number of hydrogen-bond acceptors (Lipinski definition) is 2. The van der Waals surface area contributed by atoms with Crippen molar-refractivity contribution >= 4 is 0 Å². The van der Waals surface area contributed by atoms with Gasteiger partial charge in [0.05, 0.1) is 5.60 Å². The summed E-state index contributed by atoms with van der Waals surface area (Å²) in [6.45, 7) is 3.74. The van der Waals surface area contributed by atoms with Crippen molar-refractivity contribution < 1.29 is 5.11 Å². The van der Waals surface area contributed by atoms with E-state index in [1.807, 2.05) is 6.08 Å². The number of piperidine rings is 2. The van der Waals surface area contributed by atoms with E-state index < -0.39 is 5.60 Å². The Morgan fingerprint density at radius 2 is 2.00 bits per heavy atom. The van der Waals surface area contributed by atoms with Gasteiger partial charge in [-0.25, -0.2) is 0 Å². The molecule has 0 saturated carbocycles. The Morgan fingerprint density at radius 1 is 1.43 bits per heavy atom. The summed E-state index contributed by atoms with van der Waals surface area (Å²) in [5.41, 5.74) is -0.454. The van der Waals surface area contributed by atoms with Crippen molar-refractivity contribution in [1.82, 2.24) is 4.90 Å². The molecule has 0 radical (unpaired) electrons. The average Bonchev–Trinajstić information content (AvgIpc) is 2.08. The maximum Gasteiger partial charge on any atom is 0.0711 e. The van der Waals surface area contributed by atoms with Crippen LogP contribution in [0.3, 0.4) is 0 Å². The predicted molar refractivity (Wildman–Crippen MR) is 58.2 cm³/mol. The Morgan fingerprint density at radius 3 is 2.50 bits per heavy atom. The third-order valence-corrected chi connectivity index (χ3v) is 3.98. The van der Waals surface area contributed by atoms with Gasteiger partial charge in [0.25, 0.3) is 0 Å². The van der Waals surface area contributed by atoms with Crippen LogP contribution in [-0.2, 0) is 0 Å². The zero-order chi connectivity index (χ0) is 10.2. The molecule has 2 atom stereocenters. The molecule has 2 bridgehead atoms. The summed E-state index contributed by atoms with van der Waals surface area (Å²) in [4.78, 5) is 2.47. The van der Waals surface area contributed by atoms with Gasteiger partial charge >= 0.3 is 0 Å². The minimum atomic E-state index is -0.454. The standard InChI is InChI=1S/C12H21NO/c1-3-7-12(14)8-10-5-4-6-11(9-12)13(10)2/h3,10-11,14H,1,4-9H2,2H3. The van der Waals surface area contributed by atoms with Gasteiger partial charge in [-0.15, -0.1) is 6.58 Å². The zero-order valence-corrected chi connectivity index (χ0v) is 9.08. The lowest BCUT2D eigenvalue weighted by atomic mass is 9.74. The van der Waals surface area contributed by atoms with Crippen LogP contribution in [-0.4, -0.2) is 34.7 Å². The second-order valence-corrected chi connectivity index (χ2v) is 5.03. The van der Waals surface area contributed by atoms with E-state index in [1.54, 1.807) is 0 Å². The molecular weight excluding hydrogens is 174 g/mol. The zero-order valence-electron chi connectivity index (χ0n) is 9.08. The number of aliphatic hydroxyl groups is 1. The van der Waals surface area contributed by atoms with E-state index in [4.69, 9.17) is 0 Å². The molecule has 0 aromatic rings. The SMILES string of the molecule is C=CCC1(O)CC2CCCC(C1)N2C. The Hall–Kier alpha value is -0.340. The monoisotopic (exact) mass is 195 g/mol. The molecule has 2 rings (SSSR count). The Kier molecular flexibility index (Phi) is 2.67. The van der Waals surface area contributed by atoms with Crippen LogP contribution < -0.4 is 0 Å². The molecule has 14 heavy (non-hydrogen) atoms. The predicted octanol–water partition coefficient (Wildman–Crippen LogP) is 1.94. The van der Waals surface area contributed by atoms with Gasteiger partial charge in [0.2, 0.25) is 0 Å². The molecular formula is C12H21NO. The second kappa shape index (κ2) is 3.67. The van der Waals surface area contributed by atoms with Gasteiger partial charge in [0, 0.05) is 12.1 Å². The van der Waals surface area contributed by atoms with Gasteiger partial charge in [-0.05, 0) is 39.2 Å². The van der Waals surface area contributed by atoms with E-state index in [-0.39, 0.29) is 0 Å². The van der Waals surface area contributed by atoms with Crippen LogP contribution >= 0.6 is 0 Å². The Bertz CT molecular complexity index is 212. The highest BCUT2D eigenvalue weighted by atomic mass is 16.3. The quantitative estimate of drug-likeness (QED) is 0.681. The minimum absolute atomic E-state index is 0.454. The molecule has 2 heterocycles. The first-order valence-electron chi connectivity index (χ1n) is 5.70. The van der Waals surface area contributed by atoms with E-state index in [0.717, 1.165) is 19.3 Å². The van der Waals surface area contributed by atoms with Crippen molar-refractivity contribution in [1.29, 1.82) is 0 Å². The Labute approximate surface area is 86.6 Å². The van der Waals surface area contributed by atoms with E-state index in [0.29, 0.717) is 12.1 Å². The highest BCUT2D eigenvalue weighted by Crippen LogP contribution is 2.39. The van der Waals surface area contributed by atoms with E-state index in [9.17, 15) is 5.11 Å². The summed E-state index contributed by atoms with van der Waals surface area (Å²) < 4.78 is 0. The second-order valence-electron chi connectivity index (χ2n) is 5.03. The summed E-state index contributed by atoms with van der Waals surface area (Å²) in [6, 6.07) is 1.21. The molecule has 80 valence electrons. The molecule has 2 fully saturated rings. The van der Waals surface area contributed by atoms with Crippen molar-refractivity contribution in [2.75, 3.05) is 7.05 Å². The number of hydrogen-bond donors (Lipinski definition) is 1. The van der Waals surface area contributed by atoms with Gasteiger partial charge in [-0.2, -0.15) is 0 Å². The molecule has 0 aliphatic carbocycles. The van der Waals surface area contributed by atoms with Crippen molar-refractivity contribution in [3.63, 3.8) is 0 Å². The normalized spacial score (nSPS) is 43.6. The van der Waals surface area contributed by atoms with Gasteiger partial charge < -0.3 is 10.0 Å². The molecule has 2 nitrogen and oxygen atoms in total. The van der Waals surface area contributed by atoms with Crippen LogP contribution in [0.25, 0.3) is 0 Å². The first-order chi connectivity index (χ1) is 6.64. The maximum atomic E-state index is 10.4. The number of rotatable bonds is 2. The largest absolute Gasteiger partial charge is 0.389 e. The molecule has 1 N–H and O–H groups in total. The number of fused-ring (bicyclic) bond motifs is 2. The molecule has 2 aliphatic rings. The first kappa shape index (κ1) is 10.2. The van der Waals surface area contributed by atoms with Crippen molar-refractivity contribution in [3.05, 3.63) is 12.7 Å². The summed E-state index contributed by atoms with van der Waals surface area (Å²) in [6.07, 6.45) is 8.34. The van der Waals surface area contributed by atoms with Crippen LogP contribution in [0, 0.1) is 0 Å². The van der Waals surface area contributed by atoms with Crippen LogP contribution in [0.2, 0.25) is 0 Å². The summed E-state index contributed by atoms with van der Waals surface area (Å²) >= 11 is 0. The van der Waals surface area contributed by atoms with Crippen molar-refractivity contribution in [2.45, 2.75) is 56.2 Å². The molecule has 2 saturated heterocycles. The third-order valence-electron chi connectivity index (χ3n) is 3.98. The van der Waals surface area contributed by atoms with Crippen molar-refractivity contribution in [3.8, 4) is 0 Å². The smallest absolute Gasteiger partial charge is 0.0711 e. The maximum absolute atomic E-state index is 10.4. The van der Waals surface area contributed by atoms with Crippen LogP contribution in [0.15, 0.2) is 12.7 Å². The minimum Gasteiger partial charge on any atom is -0.389 e. The van der Waals surface area contributed by atoms with E-state index in [2.05, 4.69) is 18.5 Å². The highest BCUT2D eigenvalue weighted by Gasteiger charge is 2.42. The van der Waals surface area contributed by atoms with E-state index >= 15 is 0 Å². The fraction of sp³-hybridized carbons (Fsp3) is 0.833. The molecule has 2 unspecified atom stereocenters. The average molecular weight is 195 g/mol. The molecule has 2 heteroatoms. The third kappa shape index (κ3) is 1.73. The summed E-state index contributed by atoms with van der Waals surface area (Å²) in [5, 5.41) is 10.4. The first-order valence-corrected chi connectivity index (χ1v) is 5.70. The van der Waals surface area contributed by atoms with E-state index in [1.165, 1.54) is 19.3 Å². The topological polar surface area (TPSA) is 23.5 Å². The highest BCUT2D eigenvalue weighted by molar-refractivity contribution is 5.00. The molecule has 0 aromatic carbocycles. The van der Waals surface area contributed by atoms with Gasteiger partial charge in [-0.3, -0.25) is 0 Å². The summed E-state index contributed by atoms with van der Waals surface area (Å²) in [5.74, 6) is 0. The molecule has 0 amide bonds. The summed E-state index contributed by atoms with van der Waals surface area (Å²) in [7, 11) is 2.21. The van der Waals surface area contributed by atoms with Crippen LogP contribution in [0.4, 0.5) is 0 Å². The van der Waals surface area contributed by atoms with Crippen LogP contribution in [0.5, 0.6) is 0 Å².